The lowest BCUT2D eigenvalue weighted by molar-refractivity contribution is -0.122. The van der Waals surface area contributed by atoms with Crippen molar-refractivity contribution in [3.63, 3.8) is 0 Å². The molecule has 140 valence electrons. The molecule has 1 amide bonds. The number of benzene rings is 1. The molecule has 1 aliphatic rings. The minimum absolute atomic E-state index is 0.0683. The minimum Gasteiger partial charge on any atom is -0.490 e. The first-order valence-corrected chi connectivity index (χ1v) is 9.16. The zero-order valence-electron chi connectivity index (χ0n) is 15.3. The predicted octanol–water partition coefficient (Wildman–Crippen LogP) is 2.20. The number of ether oxygens (including phenoxy) is 2. The van der Waals surface area contributed by atoms with Gasteiger partial charge in [-0.2, -0.15) is 4.80 Å². The van der Waals surface area contributed by atoms with Crippen molar-refractivity contribution >= 4 is 5.91 Å². The Morgan fingerprint density at radius 2 is 1.92 bits per heavy atom. The maximum Gasteiger partial charge on any atom is 0.243 e. The molecule has 1 aliphatic carbocycles. The summed E-state index contributed by atoms with van der Waals surface area (Å²) in [6.07, 6.45) is 4.45. The SMILES string of the molecule is CCOc1ccc(-c2nnn(CC(=O)NC3CCCC3)n2)cc1OCC. The molecule has 1 aromatic heterocycles. The van der Waals surface area contributed by atoms with Gasteiger partial charge in [-0.25, -0.2) is 0 Å². The molecule has 1 aromatic carbocycles. The van der Waals surface area contributed by atoms with E-state index in [1.165, 1.54) is 17.6 Å². The lowest BCUT2D eigenvalue weighted by Gasteiger charge is -2.11. The largest absolute Gasteiger partial charge is 0.490 e. The number of tetrazole rings is 1. The second-order valence-corrected chi connectivity index (χ2v) is 6.22. The molecular formula is C18H25N5O3. The van der Waals surface area contributed by atoms with Crippen LogP contribution in [0.5, 0.6) is 11.5 Å². The average molecular weight is 359 g/mol. The summed E-state index contributed by atoms with van der Waals surface area (Å²) in [4.78, 5) is 13.4. The number of nitrogens with zero attached hydrogens (tertiary/aromatic N) is 4. The highest BCUT2D eigenvalue weighted by atomic mass is 16.5. The summed E-state index contributed by atoms with van der Waals surface area (Å²) in [6.45, 7) is 5.00. The van der Waals surface area contributed by atoms with Crippen LogP contribution in [0.15, 0.2) is 18.2 Å². The summed E-state index contributed by atoms with van der Waals surface area (Å²) in [6, 6.07) is 5.80. The van der Waals surface area contributed by atoms with Gasteiger partial charge >= 0.3 is 0 Å². The first-order chi connectivity index (χ1) is 12.7. The Kier molecular flexibility index (Phi) is 6.04. The molecule has 0 bridgehead atoms. The molecule has 0 radical (unpaired) electrons. The van der Waals surface area contributed by atoms with Gasteiger partial charge in [0.25, 0.3) is 0 Å². The van der Waals surface area contributed by atoms with Crippen LogP contribution < -0.4 is 14.8 Å². The Bertz CT molecular complexity index is 740. The summed E-state index contributed by atoms with van der Waals surface area (Å²) in [5.41, 5.74) is 0.763. The number of hydrogen-bond acceptors (Lipinski definition) is 6. The molecule has 8 nitrogen and oxygen atoms in total. The van der Waals surface area contributed by atoms with Gasteiger partial charge in [-0.15, -0.1) is 10.2 Å². The highest BCUT2D eigenvalue weighted by Gasteiger charge is 2.18. The number of aromatic nitrogens is 4. The summed E-state index contributed by atoms with van der Waals surface area (Å²) in [7, 11) is 0. The van der Waals surface area contributed by atoms with Crippen LogP contribution in [-0.4, -0.2) is 45.4 Å². The minimum atomic E-state index is -0.0810. The van der Waals surface area contributed by atoms with Gasteiger partial charge in [-0.1, -0.05) is 12.8 Å². The zero-order valence-corrected chi connectivity index (χ0v) is 15.3. The fraction of sp³-hybridized carbons (Fsp3) is 0.556. The van der Waals surface area contributed by atoms with E-state index in [2.05, 4.69) is 20.7 Å². The van der Waals surface area contributed by atoms with Crippen LogP contribution in [0.3, 0.4) is 0 Å². The molecule has 0 saturated heterocycles. The van der Waals surface area contributed by atoms with E-state index < -0.39 is 0 Å². The fourth-order valence-electron chi connectivity index (χ4n) is 3.09. The number of amides is 1. The van der Waals surface area contributed by atoms with Crippen LogP contribution in [0.25, 0.3) is 11.4 Å². The first kappa shape index (κ1) is 18.2. The number of rotatable bonds is 8. The molecule has 2 aromatic rings. The zero-order chi connectivity index (χ0) is 18.4. The van der Waals surface area contributed by atoms with E-state index in [0.717, 1.165) is 18.4 Å². The van der Waals surface area contributed by atoms with E-state index in [1.807, 2.05) is 32.0 Å². The lowest BCUT2D eigenvalue weighted by atomic mass is 10.2. The quantitative estimate of drug-likeness (QED) is 0.777. The summed E-state index contributed by atoms with van der Waals surface area (Å²) >= 11 is 0. The van der Waals surface area contributed by atoms with Crippen molar-refractivity contribution in [2.45, 2.75) is 52.1 Å². The second-order valence-electron chi connectivity index (χ2n) is 6.22. The van der Waals surface area contributed by atoms with Gasteiger partial charge in [0.15, 0.2) is 11.5 Å². The molecule has 1 heterocycles. The number of nitrogens with one attached hydrogen (secondary N) is 1. The molecule has 0 unspecified atom stereocenters. The van der Waals surface area contributed by atoms with Crippen molar-refractivity contribution in [2.24, 2.45) is 0 Å². The molecular weight excluding hydrogens is 334 g/mol. The van der Waals surface area contributed by atoms with E-state index in [-0.39, 0.29) is 18.5 Å². The van der Waals surface area contributed by atoms with Crippen LogP contribution in [-0.2, 0) is 11.3 Å². The van der Waals surface area contributed by atoms with Gasteiger partial charge in [0.05, 0.1) is 13.2 Å². The highest BCUT2D eigenvalue weighted by Crippen LogP contribution is 2.31. The summed E-state index contributed by atoms with van der Waals surface area (Å²) in [5, 5.41) is 15.4. The number of carbonyl (C=O) groups excluding carboxylic acids is 1. The van der Waals surface area contributed by atoms with Crippen molar-refractivity contribution in [1.29, 1.82) is 0 Å². The topological polar surface area (TPSA) is 91.2 Å². The van der Waals surface area contributed by atoms with E-state index >= 15 is 0 Å². The first-order valence-electron chi connectivity index (χ1n) is 9.16. The van der Waals surface area contributed by atoms with Crippen molar-refractivity contribution < 1.29 is 14.3 Å². The van der Waals surface area contributed by atoms with Crippen LogP contribution in [0.1, 0.15) is 39.5 Å². The second kappa shape index (κ2) is 8.64. The fourth-order valence-corrected chi connectivity index (χ4v) is 3.09. The molecule has 1 fully saturated rings. The third kappa shape index (κ3) is 4.50. The number of hydrogen-bond donors (Lipinski definition) is 1. The maximum absolute atomic E-state index is 12.1. The Hall–Kier alpha value is -2.64. The van der Waals surface area contributed by atoms with Crippen LogP contribution in [0.2, 0.25) is 0 Å². The summed E-state index contributed by atoms with van der Waals surface area (Å²) < 4.78 is 11.2. The van der Waals surface area contributed by atoms with Crippen LogP contribution in [0.4, 0.5) is 0 Å². The van der Waals surface area contributed by atoms with Crippen LogP contribution >= 0.6 is 0 Å². The van der Waals surface area contributed by atoms with Gasteiger partial charge in [-0.3, -0.25) is 4.79 Å². The molecule has 8 heteroatoms. The van der Waals surface area contributed by atoms with Gasteiger partial charge in [0.2, 0.25) is 11.7 Å². The van der Waals surface area contributed by atoms with Crippen molar-refractivity contribution in [2.75, 3.05) is 13.2 Å². The van der Waals surface area contributed by atoms with E-state index in [9.17, 15) is 4.79 Å². The predicted molar refractivity (Wildman–Crippen MR) is 96.0 cm³/mol. The van der Waals surface area contributed by atoms with E-state index in [1.54, 1.807) is 0 Å². The Morgan fingerprint density at radius 1 is 1.19 bits per heavy atom. The molecule has 3 rings (SSSR count). The third-order valence-corrected chi connectivity index (χ3v) is 4.26. The van der Waals surface area contributed by atoms with Crippen LogP contribution in [0, 0.1) is 0 Å². The monoisotopic (exact) mass is 359 g/mol. The molecule has 0 aliphatic heterocycles. The maximum atomic E-state index is 12.1. The molecule has 0 spiro atoms. The van der Waals surface area contributed by atoms with Gasteiger partial charge in [-0.05, 0) is 50.1 Å². The smallest absolute Gasteiger partial charge is 0.243 e. The lowest BCUT2D eigenvalue weighted by Crippen LogP contribution is -2.35. The Balaban J connectivity index is 1.68. The highest BCUT2D eigenvalue weighted by molar-refractivity contribution is 5.75. The normalized spacial score (nSPS) is 14.4. The summed E-state index contributed by atoms with van der Waals surface area (Å²) in [5.74, 6) is 1.69. The third-order valence-electron chi connectivity index (χ3n) is 4.26. The molecule has 0 atom stereocenters. The molecule has 26 heavy (non-hydrogen) atoms. The van der Waals surface area contributed by atoms with Gasteiger partial charge in [0, 0.05) is 11.6 Å². The van der Waals surface area contributed by atoms with Gasteiger partial charge < -0.3 is 14.8 Å². The van der Waals surface area contributed by atoms with E-state index in [0.29, 0.717) is 30.5 Å². The number of carbonyl (C=O) groups is 1. The van der Waals surface area contributed by atoms with Crippen molar-refractivity contribution in [1.82, 2.24) is 25.5 Å². The molecule has 1 N–H and O–H groups in total. The molecule has 1 saturated carbocycles. The Morgan fingerprint density at radius 3 is 2.65 bits per heavy atom. The Labute approximate surface area is 152 Å². The van der Waals surface area contributed by atoms with Gasteiger partial charge in [0.1, 0.15) is 6.54 Å². The van der Waals surface area contributed by atoms with Crippen molar-refractivity contribution in [3.8, 4) is 22.9 Å². The standard InChI is InChI=1S/C18H25N5O3/c1-3-25-15-10-9-13(11-16(15)26-4-2)18-20-22-23(21-18)12-17(24)19-14-7-5-6-8-14/h9-11,14H,3-8,12H2,1-2H3,(H,19,24). The van der Waals surface area contributed by atoms with E-state index in [4.69, 9.17) is 9.47 Å². The average Bonchev–Trinajstić information content (AvgIpc) is 3.29. The van der Waals surface area contributed by atoms with Crippen molar-refractivity contribution in [3.05, 3.63) is 18.2 Å².